The van der Waals surface area contributed by atoms with Crippen LogP contribution in [0.15, 0.2) is 42.0 Å². The third kappa shape index (κ3) is 3.32. The van der Waals surface area contributed by atoms with Crippen molar-refractivity contribution < 1.29 is 19.1 Å². The molecule has 0 N–H and O–H groups in total. The molecule has 1 fully saturated rings. The quantitative estimate of drug-likeness (QED) is 0.392. The highest BCUT2D eigenvalue weighted by atomic mass is 16.5. The van der Waals surface area contributed by atoms with Gasteiger partial charge in [0.05, 0.1) is 32.0 Å². The lowest BCUT2D eigenvalue weighted by Crippen LogP contribution is -2.07. The first-order valence-electron chi connectivity index (χ1n) is 11.2. The monoisotopic (exact) mass is 429 g/mol. The van der Waals surface area contributed by atoms with Gasteiger partial charge in [-0.1, -0.05) is 25.3 Å². The van der Waals surface area contributed by atoms with Crippen molar-refractivity contribution in [2.45, 2.75) is 44.6 Å². The zero-order valence-electron chi connectivity index (χ0n) is 18.5. The number of fused-ring (bicyclic) bond motifs is 5. The molecule has 2 aliphatic rings. The van der Waals surface area contributed by atoms with Gasteiger partial charge in [-0.2, -0.15) is 0 Å². The highest BCUT2D eigenvalue weighted by Gasteiger charge is 2.29. The second-order valence-corrected chi connectivity index (χ2v) is 8.70. The van der Waals surface area contributed by atoms with Crippen molar-refractivity contribution in [2.24, 2.45) is 0 Å². The average molecular weight is 430 g/mol. The average Bonchev–Trinajstić information content (AvgIpc) is 3.06. The molecule has 0 atom stereocenters. The van der Waals surface area contributed by atoms with Gasteiger partial charge in [0.15, 0.2) is 0 Å². The standard InChI is InChI=1S/C27H27NO4/c1-31-21-9-11-22-20(13-21)12-17(16-29)15-28-24-14-19(27(30)32-2)8-10-23(24)25(26(22)28)18-6-4-3-5-7-18/h8-14,16,18H,3-7,15H2,1-2H3. The van der Waals surface area contributed by atoms with Gasteiger partial charge < -0.3 is 14.0 Å². The summed E-state index contributed by atoms with van der Waals surface area (Å²) < 4.78 is 12.6. The second kappa shape index (κ2) is 8.30. The molecule has 5 nitrogen and oxygen atoms in total. The number of ether oxygens (including phenoxy) is 2. The van der Waals surface area contributed by atoms with Gasteiger partial charge in [-0.3, -0.25) is 4.79 Å². The summed E-state index contributed by atoms with van der Waals surface area (Å²) >= 11 is 0. The van der Waals surface area contributed by atoms with Gasteiger partial charge in [-0.25, -0.2) is 4.79 Å². The zero-order chi connectivity index (χ0) is 22.2. The lowest BCUT2D eigenvalue weighted by Gasteiger charge is -2.24. The molecular weight excluding hydrogens is 402 g/mol. The van der Waals surface area contributed by atoms with E-state index in [0.29, 0.717) is 23.6 Å². The number of benzene rings is 2. The number of hydrogen-bond acceptors (Lipinski definition) is 4. The van der Waals surface area contributed by atoms with Crippen LogP contribution in [0.2, 0.25) is 0 Å². The van der Waals surface area contributed by atoms with Gasteiger partial charge >= 0.3 is 5.97 Å². The molecule has 0 amide bonds. The highest BCUT2D eigenvalue weighted by molar-refractivity contribution is 6.00. The van der Waals surface area contributed by atoms with Crippen molar-refractivity contribution in [3.05, 3.63) is 58.7 Å². The Morgan fingerprint density at radius 3 is 2.59 bits per heavy atom. The smallest absolute Gasteiger partial charge is 0.337 e. The Morgan fingerprint density at radius 2 is 1.88 bits per heavy atom. The van der Waals surface area contributed by atoms with E-state index < -0.39 is 0 Å². The van der Waals surface area contributed by atoms with Gasteiger partial charge in [-0.05, 0) is 66.3 Å². The molecule has 0 saturated heterocycles. The number of aldehydes is 1. The Hall–Kier alpha value is -3.34. The molecule has 1 aliphatic carbocycles. The number of rotatable bonds is 4. The van der Waals surface area contributed by atoms with Gasteiger partial charge in [0.25, 0.3) is 0 Å². The zero-order valence-corrected chi connectivity index (χ0v) is 18.5. The fourth-order valence-corrected chi connectivity index (χ4v) is 5.38. The number of hydrogen-bond donors (Lipinski definition) is 0. The molecule has 3 aromatic rings. The summed E-state index contributed by atoms with van der Waals surface area (Å²) in [6.45, 7) is 0.462. The molecule has 0 spiro atoms. The first kappa shape index (κ1) is 20.6. The van der Waals surface area contributed by atoms with Crippen LogP contribution in [-0.2, 0) is 16.1 Å². The molecule has 32 heavy (non-hydrogen) atoms. The summed E-state index contributed by atoms with van der Waals surface area (Å²) in [5.41, 5.74) is 6.75. The van der Waals surface area contributed by atoms with Gasteiger partial charge in [0.2, 0.25) is 0 Å². The summed E-state index contributed by atoms with van der Waals surface area (Å²) in [6.07, 6.45) is 8.93. The van der Waals surface area contributed by atoms with E-state index in [4.69, 9.17) is 9.47 Å². The molecule has 1 aromatic heterocycles. The SMILES string of the molecule is COC(=O)c1ccc2c(C3CCCCC3)c3n(c2c1)CC(C=O)=Cc1cc(OC)ccc1-3. The normalized spacial score (nSPS) is 16.0. The van der Waals surface area contributed by atoms with Crippen molar-refractivity contribution in [1.82, 2.24) is 4.57 Å². The van der Waals surface area contributed by atoms with E-state index in [-0.39, 0.29) is 5.97 Å². The van der Waals surface area contributed by atoms with Crippen LogP contribution in [0.4, 0.5) is 0 Å². The van der Waals surface area contributed by atoms with E-state index in [1.54, 1.807) is 7.11 Å². The highest BCUT2D eigenvalue weighted by Crippen LogP contribution is 2.46. The van der Waals surface area contributed by atoms with E-state index in [9.17, 15) is 9.59 Å². The van der Waals surface area contributed by atoms with Gasteiger partial charge in [0, 0.05) is 22.0 Å². The first-order chi connectivity index (χ1) is 15.6. The Kier molecular flexibility index (Phi) is 5.33. The Bertz CT molecular complexity index is 1240. The van der Waals surface area contributed by atoms with Crippen molar-refractivity contribution in [3.8, 4) is 17.0 Å². The molecule has 5 rings (SSSR count). The minimum absolute atomic E-state index is 0.355. The van der Waals surface area contributed by atoms with Gasteiger partial charge in [-0.15, -0.1) is 0 Å². The van der Waals surface area contributed by atoms with E-state index >= 15 is 0 Å². The molecule has 0 radical (unpaired) electrons. The largest absolute Gasteiger partial charge is 0.497 e. The molecule has 2 heterocycles. The van der Waals surface area contributed by atoms with Crippen molar-refractivity contribution in [3.63, 3.8) is 0 Å². The van der Waals surface area contributed by atoms with E-state index in [0.717, 1.165) is 52.6 Å². The van der Waals surface area contributed by atoms with Crippen molar-refractivity contribution in [1.29, 1.82) is 0 Å². The minimum atomic E-state index is -0.355. The number of methoxy groups -OCH3 is 2. The van der Waals surface area contributed by atoms with Crippen molar-refractivity contribution >= 4 is 29.2 Å². The van der Waals surface area contributed by atoms with Gasteiger partial charge in [0.1, 0.15) is 12.0 Å². The van der Waals surface area contributed by atoms with Crippen LogP contribution < -0.4 is 4.74 Å². The molecule has 1 saturated carbocycles. The molecule has 1 aliphatic heterocycles. The van der Waals surface area contributed by atoms with Crippen molar-refractivity contribution in [2.75, 3.05) is 14.2 Å². The van der Waals surface area contributed by atoms with Crippen LogP contribution in [-0.4, -0.2) is 31.0 Å². The third-order valence-electron chi connectivity index (χ3n) is 6.89. The molecule has 0 unspecified atom stereocenters. The summed E-state index contributed by atoms with van der Waals surface area (Å²) in [5.74, 6) is 0.868. The number of carbonyl (C=O) groups is 2. The van der Waals surface area contributed by atoms with E-state index in [1.165, 1.54) is 31.9 Å². The molecular formula is C27H27NO4. The number of esters is 1. The van der Waals surface area contributed by atoms with Crippen LogP contribution in [0.3, 0.4) is 0 Å². The van der Waals surface area contributed by atoms with Crippen LogP contribution in [0.1, 0.15) is 59.5 Å². The van der Waals surface area contributed by atoms with Crippen LogP contribution in [0, 0.1) is 0 Å². The second-order valence-electron chi connectivity index (χ2n) is 8.70. The summed E-state index contributed by atoms with van der Waals surface area (Å²) in [4.78, 5) is 24.2. The number of nitrogens with zero attached hydrogens (tertiary/aromatic N) is 1. The van der Waals surface area contributed by atoms with Crippen LogP contribution >= 0.6 is 0 Å². The van der Waals surface area contributed by atoms with E-state index in [1.807, 2.05) is 30.3 Å². The minimum Gasteiger partial charge on any atom is -0.497 e. The third-order valence-corrected chi connectivity index (χ3v) is 6.89. The first-order valence-corrected chi connectivity index (χ1v) is 11.2. The summed E-state index contributed by atoms with van der Waals surface area (Å²) in [6, 6.07) is 11.9. The maximum Gasteiger partial charge on any atom is 0.337 e. The predicted octanol–water partition coefficient (Wildman–Crippen LogP) is 5.75. The lowest BCUT2D eigenvalue weighted by molar-refractivity contribution is -0.105. The topological polar surface area (TPSA) is 57.5 Å². The molecule has 0 bridgehead atoms. The summed E-state index contributed by atoms with van der Waals surface area (Å²) in [7, 11) is 3.05. The molecule has 2 aromatic carbocycles. The number of aromatic nitrogens is 1. The van der Waals surface area contributed by atoms with Crippen LogP contribution in [0.5, 0.6) is 5.75 Å². The van der Waals surface area contributed by atoms with E-state index in [2.05, 4.69) is 16.7 Å². The fraction of sp³-hybridized carbons (Fsp3) is 0.333. The maximum absolute atomic E-state index is 12.3. The maximum atomic E-state index is 12.3. The summed E-state index contributed by atoms with van der Waals surface area (Å²) in [5, 5.41) is 1.16. The Morgan fingerprint density at radius 1 is 1.06 bits per heavy atom. The number of carbonyl (C=O) groups excluding carboxylic acids is 2. The predicted molar refractivity (Wildman–Crippen MR) is 125 cm³/mol. The molecule has 5 heteroatoms. The Balaban J connectivity index is 1.85. The molecule has 164 valence electrons. The van der Waals surface area contributed by atoms with Crippen LogP contribution in [0.25, 0.3) is 28.2 Å². The lowest BCUT2D eigenvalue weighted by atomic mass is 9.81. The Labute approximate surface area is 187 Å². The number of allylic oxidation sites excluding steroid dienone is 1. The fourth-order valence-electron chi connectivity index (χ4n) is 5.38.